The molecule has 10 heteroatoms. The third kappa shape index (κ3) is 4.93. The molecule has 0 unspecified atom stereocenters. The fourth-order valence-corrected chi connectivity index (χ4v) is 4.33. The van der Waals surface area contributed by atoms with Crippen molar-refractivity contribution in [2.75, 3.05) is 22.9 Å². The lowest BCUT2D eigenvalue weighted by Crippen LogP contribution is -2.43. The van der Waals surface area contributed by atoms with E-state index in [4.69, 9.17) is 9.98 Å². The van der Waals surface area contributed by atoms with Crippen LogP contribution in [0.5, 0.6) is 0 Å². The first-order chi connectivity index (χ1) is 16.8. The summed E-state index contributed by atoms with van der Waals surface area (Å²) in [6, 6.07) is 12.9. The lowest BCUT2D eigenvalue weighted by atomic mass is 9.87. The van der Waals surface area contributed by atoms with Crippen LogP contribution in [0.15, 0.2) is 58.5 Å². The first kappa shape index (κ1) is 25.3. The van der Waals surface area contributed by atoms with E-state index in [2.05, 4.69) is 41.5 Å². The summed E-state index contributed by atoms with van der Waals surface area (Å²) in [5.74, 6) is 1.24. The van der Waals surface area contributed by atoms with Crippen LogP contribution in [0.2, 0.25) is 0 Å². The van der Waals surface area contributed by atoms with E-state index < -0.39 is 9.85 Å². The predicted molar refractivity (Wildman–Crippen MR) is 142 cm³/mol. The molecule has 2 heterocycles. The Morgan fingerprint density at radius 1 is 0.722 bits per heavy atom. The number of nitro benzene ring substituents is 2. The maximum Gasteiger partial charge on any atom is 0.271 e. The largest absolute Gasteiger partial charge is 0.321 e. The summed E-state index contributed by atoms with van der Waals surface area (Å²) in [6.07, 6.45) is 0. The second-order valence-corrected chi connectivity index (χ2v) is 11.4. The van der Waals surface area contributed by atoms with Crippen molar-refractivity contribution in [3.05, 3.63) is 68.8 Å². The molecule has 0 N–H and O–H groups in total. The minimum atomic E-state index is -0.407. The fraction of sp³-hybridized carbons (Fsp3) is 0.462. The van der Waals surface area contributed by atoms with Gasteiger partial charge >= 0.3 is 0 Å². The van der Waals surface area contributed by atoms with Crippen LogP contribution in [-0.2, 0) is 0 Å². The first-order valence-electron chi connectivity index (χ1n) is 12.0. The number of benzene rings is 2. The van der Waals surface area contributed by atoms with Gasteiger partial charge in [0.25, 0.3) is 11.4 Å². The van der Waals surface area contributed by atoms with Gasteiger partial charge in [-0.1, -0.05) is 53.7 Å². The van der Waals surface area contributed by atoms with E-state index in [-0.39, 0.29) is 34.3 Å². The van der Waals surface area contributed by atoms with E-state index in [9.17, 15) is 20.2 Å². The van der Waals surface area contributed by atoms with Gasteiger partial charge in [-0.25, -0.2) is 0 Å². The number of rotatable bonds is 5. The Labute approximate surface area is 210 Å². The number of nitro groups is 2. The van der Waals surface area contributed by atoms with Crippen molar-refractivity contribution in [1.29, 1.82) is 0 Å². The molecule has 2 aromatic carbocycles. The number of anilines is 2. The van der Waals surface area contributed by atoms with E-state index in [1.807, 2.05) is 21.9 Å². The van der Waals surface area contributed by atoms with Crippen LogP contribution in [0.3, 0.4) is 0 Å². The van der Waals surface area contributed by atoms with E-state index in [1.165, 1.54) is 12.1 Å². The molecule has 2 atom stereocenters. The van der Waals surface area contributed by atoms with Gasteiger partial charge in [0.2, 0.25) is 0 Å². The summed E-state index contributed by atoms with van der Waals surface area (Å²) >= 11 is 0. The minimum Gasteiger partial charge on any atom is -0.321 e. The normalized spacial score (nSPS) is 20.4. The van der Waals surface area contributed by atoms with E-state index in [1.54, 1.807) is 24.3 Å². The molecule has 4 rings (SSSR count). The van der Waals surface area contributed by atoms with Crippen LogP contribution in [-0.4, -0.2) is 46.7 Å². The highest BCUT2D eigenvalue weighted by Gasteiger charge is 2.42. The van der Waals surface area contributed by atoms with Crippen molar-refractivity contribution >= 4 is 34.4 Å². The second-order valence-electron chi connectivity index (χ2n) is 11.4. The molecule has 0 aromatic heterocycles. The number of hydrogen-bond acceptors (Lipinski definition) is 8. The molecule has 0 amide bonds. The van der Waals surface area contributed by atoms with Gasteiger partial charge in [-0.3, -0.25) is 30.2 Å². The molecule has 0 radical (unpaired) electrons. The van der Waals surface area contributed by atoms with Gasteiger partial charge < -0.3 is 9.80 Å². The van der Waals surface area contributed by atoms with Crippen LogP contribution in [0, 0.1) is 31.1 Å². The number of hydrogen-bond donors (Lipinski definition) is 0. The molecule has 36 heavy (non-hydrogen) atoms. The van der Waals surface area contributed by atoms with Crippen LogP contribution in [0.25, 0.3) is 0 Å². The quantitative estimate of drug-likeness (QED) is 0.403. The van der Waals surface area contributed by atoms with Crippen LogP contribution in [0.1, 0.15) is 41.5 Å². The summed E-state index contributed by atoms with van der Waals surface area (Å²) in [5.41, 5.74) is 1.02. The second kappa shape index (κ2) is 9.00. The average molecular weight is 493 g/mol. The molecule has 0 saturated heterocycles. The third-order valence-electron chi connectivity index (χ3n) is 6.68. The topological polar surface area (TPSA) is 117 Å². The predicted octanol–water partition coefficient (Wildman–Crippen LogP) is 5.47. The number of nitrogens with zero attached hydrogens (tertiary/aromatic N) is 6. The minimum absolute atomic E-state index is 0.00234. The Bertz CT molecular complexity index is 1160. The van der Waals surface area contributed by atoms with Gasteiger partial charge in [0.1, 0.15) is 0 Å². The number of non-ortho nitro benzene ring substituents is 2. The van der Waals surface area contributed by atoms with E-state index in [0.717, 1.165) is 0 Å². The molecule has 2 aliphatic rings. The van der Waals surface area contributed by atoms with E-state index >= 15 is 0 Å². The summed E-state index contributed by atoms with van der Waals surface area (Å²) in [6.45, 7) is 13.8. The molecule has 0 fully saturated rings. The number of aliphatic imine (C=N–C) groups is 2. The SMILES string of the molecule is CC(C)(C)[C@H]1CN(c2cccc([N+](=O)[O-])c2)C(C2=N[C@@H](C(C)(C)C)CN2c2cccc([N+](=O)[O-])c2)=N1. The van der Waals surface area contributed by atoms with Crippen LogP contribution in [0.4, 0.5) is 22.7 Å². The lowest BCUT2D eigenvalue weighted by molar-refractivity contribution is -0.385. The van der Waals surface area contributed by atoms with Gasteiger partial charge in [-0.15, -0.1) is 0 Å². The van der Waals surface area contributed by atoms with Crippen molar-refractivity contribution in [1.82, 2.24) is 0 Å². The highest BCUT2D eigenvalue weighted by molar-refractivity contribution is 6.50. The average Bonchev–Trinajstić information content (AvgIpc) is 3.44. The summed E-state index contributed by atoms with van der Waals surface area (Å²) in [5, 5.41) is 23.0. The van der Waals surface area contributed by atoms with Gasteiger partial charge in [0, 0.05) is 48.7 Å². The zero-order valence-corrected chi connectivity index (χ0v) is 21.5. The molecule has 190 valence electrons. The zero-order valence-electron chi connectivity index (χ0n) is 21.5. The lowest BCUT2D eigenvalue weighted by Gasteiger charge is -2.28. The summed E-state index contributed by atoms with van der Waals surface area (Å²) in [4.78, 5) is 36.3. The van der Waals surface area contributed by atoms with Gasteiger partial charge in [0.15, 0.2) is 11.7 Å². The first-order valence-corrected chi connectivity index (χ1v) is 12.0. The molecule has 0 bridgehead atoms. The van der Waals surface area contributed by atoms with Crippen molar-refractivity contribution in [3.8, 4) is 0 Å². The van der Waals surface area contributed by atoms with Crippen molar-refractivity contribution in [2.45, 2.75) is 53.6 Å². The molecule has 10 nitrogen and oxygen atoms in total. The van der Waals surface area contributed by atoms with Crippen molar-refractivity contribution in [3.63, 3.8) is 0 Å². The third-order valence-corrected chi connectivity index (χ3v) is 6.68. The van der Waals surface area contributed by atoms with Crippen molar-refractivity contribution < 1.29 is 9.85 Å². The molecular weight excluding hydrogens is 460 g/mol. The number of amidine groups is 2. The van der Waals surface area contributed by atoms with Gasteiger partial charge in [0.05, 0.1) is 21.9 Å². The molecule has 0 spiro atoms. The van der Waals surface area contributed by atoms with Gasteiger partial charge in [-0.2, -0.15) is 0 Å². The highest BCUT2D eigenvalue weighted by Crippen LogP contribution is 2.36. The summed E-state index contributed by atoms with van der Waals surface area (Å²) in [7, 11) is 0. The molecular formula is C26H32N6O4. The Morgan fingerprint density at radius 2 is 1.08 bits per heavy atom. The fourth-order valence-electron chi connectivity index (χ4n) is 4.33. The standard InChI is InChI=1S/C26H32N6O4/c1-25(2,3)21-15-29(17-9-7-11-19(13-17)31(33)34)23(27-21)24-28-22(26(4,5)6)16-30(24)18-10-8-12-20(14-18)32(35)36/h7-14,21-22H,15-16H2,1-6H3/t21-,22-/m1/s1. The smallest absolute Gasteiger partial charge is 0.271 e. The Hall–Kier alpha value is -3.82. The summed E-state index contributed by atoms with van der Waals surface area (Å²) < 4.78 is 0. The van der Waals surface area contributed by atoms with Crippen molar-refractivity contribution in [2.24, 2.45) is 20.8 Å². The Kier molecular flexibility index (Phi) is 6.32. The molecule has 0 saturated carbocycles. The molecule has 2 aromatic rings. The van der Waals surface area contributed by atoms with Crippen LogP contribution >= 0.6 is 0 Å². The monoisotopic (exact) mass is 492 g/mol. The van der Waals surface area contributed by atoms with E-state index in [0.29, 0.717) is 36.1 Å². The highest BCUT2D eigenvalue weighted by atomic mass is 16.6. The molecule has 2 aliphatic heterocycles. The molecule has 0 aliphatic carbocycles. The van der Waals surface area contributed by atoms with Crippen LogP contribution < -0.4 is 9.80 Å². The Balaban J connectivity index is 1.85. The maximum atomic E-state index is 11.5. The maximum absolute atomic E-state index is 11.5. The zero-order chi connectivity index (χ0) is 26.4. The Morgan fingerprint density at radius 3 is 1.39 bits per heavy atom. The van der Waals surface area contributed by atoms with Gasteiger partial charge in [-0.05, 0) is 23.0 Å².